The molecular weight excluding hydrogens is 262 g/mol. The van der Waals surface area contributed by atoms with E-state index in [0.29, 0.717) is 18.1 Å². The minimum absolute atomic E-state index is 0.0734. The molecule has 0 radical (unpaired) electrons. The van der Waals surface area contributed by atoms with Crippen LogP contribution in [0.25, 0.3) is 0 Å². The van der Waals surface area contributed by atoms with Crippen LogP contribution in [0.4, 0.5) is 0 Å². The normalized spacial score (nSPS) is 28.7. The Balaban J connectivity index is 1.85. The van der Waals surface area contributed by atoms with Gasteiger partial charge in [-0.15, -0.1) is 0 Å². The van der Waals surface area contributed by atoms with Crippen LogP contribution in [0.5, 0.6) is 0 Å². The zero-order chi connectivity index (χ0) is 13.9. The predicted octanol–water partition coefficient (Wildman–Crippen LogP) is 2.42. The first-order chi connectivity index (χ1) is 9.07. The maximum absolute atomic E-state index is 12.1. The van der Waals surface area contributed by atoms with Gasteiger partial charge in [0.15, 0.2) is 0 Å². The Morgan fingerprint density at radius 1 is 1.32 bits per heavy atom. The monoisotopic (exact) mass is 285 g/mol. The van der Waals surface area contributed by atoms with Crippen LogP contribution >= 0.6 is 11.8 Å². The lowest BCUT2D eigenvalue weighted by Gasteiger charge is -2.37. The summed E-state index contributed by atoms with van der Waals surface area (Å²) in [6.45, 7) is 2.13. The van der Waals surface area contributed by atoms with E-state index in [9.17, 15) is 14.7 Å². The summed E-state index contributed by atoms with van der Waals surface area (Å²) >= 11 is 1.90. The molecule has 2 fully saturated rings. The van der Waals surface area contributed by atoms with Crippen molar-refractivity contribution >= 4 is 23.6 Å². The fourth-order valence-electron chi connectivity index (χ4n) is 3.14. The first-order valence-electron chi connectivity index (χ1n) is 7.22. The van der Waals surface area contributed by atoms with Gasteiger partial charge in [-0.25, -0.2) is 0 Å². The third kappa shape index (κ3) is 3.25. The Morgan fingerprint density at radius 3 is 2.58 bits per heavy atom. The van der Waals surface area contributed by atoms with Crippen molar-refractivity contribution in [2.45, 2.75) is 63.2 Å². The van der Waals surface area contributed by atoms with E-state index in [1.54, 1.807) is 0 Å². The number of carboxylic acids is 1. The summed E-state index contributed by atoms with van der Waals surface area (Å²) < 4.78 is 0. The van der Waals surface area contributed by atoms with Crippen molar-refractivity contribution in [2.24, 2.45) is 5.41 Å². The second kappa shape index (κ2) is 6.16. The number of nitrogens with one attached hydrogen (secondary N) is 1. The van der Waals surface area contributed by atoms with E-state index in [1.165, 1.54) is 0 Å². The molecule has 4 nitrogen and oxygen atoms in total. The van der Waals surface area contributed by atoms with Crippen molar-refractivity contribution in [2.75, 3.05) is 5.75 Å². The molecule has 19 heavy (non-hydrogen) atoms. The maximum Gasteiger partial charge on any atom is 0.310 e. The number of carboxylic acid groups (broad SMARTS) is 1. The smallest absolute Gasteiger partial charge is 0.310 e. The average Bonchev–Trinajstić information content (AvgIpc) is 2.71. The minimum atomic E-state index is -0.806. The van der Waals surface area contributed by atoms with Gasteiger partial charge in [0, 0.05) is 17.7 Å². The van der Waals surface area contributed by atoms with Crippen LogP contribution in [0.1, 0.15) is 51.9 Å². The Morgan fingerprint density at radius 2 is 2.05 bits per heavy atom. The molecule has 0 aromatic carbocycles. The SMILES string of the molecule is CCSC1CCCC1NC(=O)CC1(C(=O)O)CCC1. The van der Waals surface area contributed by atoms with Crippen LogP contribution < -0.4 is 5.32 Å². The summed E-state index contributed by atoms with van der Waals surface area (Å²) in [6, 6.07) is 0.239. The van der Waals surface area contributed by atoms with Gasteiger partial charge in [0.2, 0.25) is 5.91 Å². The fraction of sp³-hybridized carbons (Fsp3) is 0.857. The molecule has 0 bridgehead atoms. The number of amides is 1. The Kier molecular flexibility index (Phi) is 4.76. The highest BCUT2D eigenvalue weighted by molar-refractivity contribution is 7.99. The Labute approximate surface area is 118 Å². The molecule has 2 N–H and O–H groups in total. The molecule has 108 valence electrons. The number of carbonyl (C=O) groups excluding carboxylic acids is 1. The number of hydrogen-bond acceptors (Lipinski definition) is 3. The largest absolute Gasteiger partial charge is 0.481 e. The summed E-state index contributed by atoms with van der Waals surface area (Å²) in [5.74, 6) is 0.186. The topological polar surface area (TPSA) is 66.4 Å². The van der Waals surface area contributed by atoms with Gasteiger partial charge in [-0.05, 0) is 31.4 Å². The molecular formula is C14H23NO3S. The molecule has 0 aliphatic heterocycles. The summed E-state index contributed by atoms with van der Waals surface area (Å²) in [4.78, 5) is 23.3. The van der Waals surface area contributed by atoms with Crippen molar-refractivity contribution in [1.29, 1.82) is 0 Å². The van der Waals surface area contributed by atoms with Gasteiger partial charge >= 0.3 is 5.97 Å². The van der Waals surface area contributed by atoms with Crippen molar-refractivity contribution < 1.29 is 14.7 Å². The Bertz CT molecular complexity index is 355. The van der Waals surface area contributed by atoms with E-state index >= 15 is 0 Å². The molecule has 0 aromatic heterocycles. The predicted molar refractivity (Wildman–Crippen MR) is 76.2 cm³/mol. The fourth-order valence-corrected chi connectivity index (χ4v) is 4.34. The van der Waals surface area contributed by atoms with Crippen molar-refractivity contribution in [1.82, 2.24) is 5.32 Å². The van der Waals surface area contributed by atoms with E-state index in [-0.39, 0.29) is 18.4 Å². The zero-order valence-electron chi connectivity index (χ0n) is 11.5. The molecule has 5 heteroatoms. The van der Waals surface area contributed by atoms with Gasteiger partial charge in [-0.2, -0.15) is 11.8 Å². The van der Waals surface area contributed by atoms with E-state index < -0.39 is 11.4 Å². The zero-order valence-corrected chi connectivity index (χ0v) is 12.3. The number of carbonyl (C=O) groups is 2. The molecule has 2 aliphatic rings. The first kappa shape index (κ1) is 14.7. The molecule has 2 rings (SSSR count). The summed E-state index contributed by atoms with van der Waals surface area (Å²) in [5, 5.41) is 12.8. The van der Waals surface area contributed by atoms with Crippen LogP contribution in [-0.2, 0) is 9.59 Å². The van der Waals surface area contributed by atoms with Crippen molar-refractivity contribution in [3.8, 4) is 0 Å². The molecule has 0 heterocycles. The van der Waals surface area contributed by atoms with Gasteiger partial charge in [0.25, 0.3) is 0 Å². The third-order valence-corrected chi connectivity index (χ3v) is 5.77. The van der Waals surface area contributed by atoms with E-state index in [2.05, 4.69) is 12.2 Å². The highest BCUT2D eigenvalue weighted by Gasteiger charge is 2.46. The van der Waals surface area contributed by atoms with Crippen molar-refractivity contribution in [3.63, 3.8) is 0 Å². The van der Waals surface area contributed by atoms with Crippen LogP contribution in [0.15, 0.2) is 0 Å². The molecule has 0 saturated heterocycles. The molecule has 2 saturated carbocycles. The quantitative estimate of drug-likeness (QED) is 0.786. The summed E-state index contributed by atoms with van der Waals surface area (Å²) in [6.07, 6.45) is 5.73. The van der Waals surface area contributed by atoms with Gasteiger partial charge in [-0.3, -0.25) is 9.59 Å². The van der Waals surface area contributed by atoms with Crippen LogP contribution in [-0.4, -0.2) is 34.0 Å². The lowest BCUT2D eigenvalue weighted by Crippen LogP contribution is -2.46. The summed E-state index contributed by atoms with van der Waals surface area (Å²) in [5.41, 5.74) is -0.768. The average molecular weight is 285 g/mol. The molecule has 1 amide bonds. The summed E-state index contributed by atoms with van der Waals surface area (Å²) in [7, 11) is 0. The van der Waals surface area contributed by atoms with Gasteiger partial charge in [-0.1, -0.05) is 19.8 Å². The van der Waals surface area contributed by atoms with Gasteiger partial charge in [0.1, 0.15) is 0 Å². The third-order valence-electron chi connectivity index (χ3n) is 4.44. The number of aliphatic carboxylic acids is 1. The molecule has 2 unspecified atom stereocenters. The van der Waals surface area contributed by atoms with Gasteiger partial charge < -0.3 is 10.4 Å². The number of rotatable bonds is 6. The standard InChI is InChI=1S/C14H23NO3S/c1-2-19-11-6-3-5-10(11)15-12(16)9-14(13(17)18)7-4-8-14/h10-11H,2-9H2,1H3,(H,15,16)(H,17,18). The second-order valence-corrected chi connectivity index (χ2v) is 7.23. The number of hydrogen-bond donors (Lipinski definition) is 2. The van der Waals surface area contributed by atoms with E-state index in [4.69, 9.17) is 0 Å². The van der Waals surface area contributed by atoms with E-state index in [0.717, 1.165) is 31.4 Å². The number of thioether (sulfide) groups is 1. The van der Waals surface area contributed by atoms with Crippen LogP contribution in [0, 0.1) is 5.41 Å². The van der Waals surface area contributed by atoms with Crippen LogP contribution in [0.3, 0.4) is 0 Å². The molecule has 0 spiro atoms. The molecule has 2 aliphatic carbocycles. The molecule has 0 aromatic rings. The second-order valence-electron chi connectivity index (χ2n) is 5.71. The first-order valence-corrected chi connectivity index (χ1v) is 8.26. The lowest BCUT2D eigenvalue weighted by atomic mass is 9.66. The van der Waals surface area contributed by atoms with Crippen LogP contribution in [0.2, 0.25) is 0 Å². The lowest BCUT2D eigenvalue weighted by molar-refractivity contribution is -0.157. The van der Waals surface area contributed by atoms with Gasteiger partial charge in [0.05, 0.1) is 5.41 Å². The minimum Gasteiger partial charge on any atom is -0.481 e. The highest BCUT2D eigenvalue weighted by atomic mass is 32.2. The van der Waals surface area contributed by atoms with Crippen molar-refractivity contribution in [3.05, 3.63) is 0 Å². The molecule has 2 atom stereocenters. The maximum atomic E-state index is 12.1. The highest BCUT2D eigenvalue weighted by Crippen LogP contribution is 2.44. The Hall–Kier alpha value is -0.710. The van der Waals surface area contributed by atoms with E-state index in [1.807, 2.05) is 11.8 Å².